The van der Waals surface area contributed by atoms with Gasteiger partial charge < -0.3 is 14.2 Å². The van der Waals surface area contributed by atoms with Crippen LogP contribution in [0.5, 0.6) is 0 Å². The van der Waals surface area contributed by atoms with E-state index in [0.717, 1.165) is 49.2 Å². The number of piperazine rings is 1. The Kier molecular flexibility index (Phi) is 3.98. The maximum absolute atomic E-state index is 12.1. The van der Waals surface area contributed by atoms with Crippen LogP contribution < -0.4 is 10.5 Å². The van der Waals surface area contributed by atoms with E-state index in [2.05, 4.69) is 23.8 Å². The standard InChI is InChI=1S/C17H20N2O3/c1-3-12-4-5-15-13(10-12)16(14(11-20)17(21)22-15)19-8-6-18(2)7-9-19/h4-5,10-11H,3,6-9H2,1-2H3. The zero-order valence-corrected chi connectivity index (χ0v) is 13.0. The maximum Gasteiger partial charge on any atom is 0.349 e. The van der Waals surface area contributed by atoms with E-state index >= 15 is 0 Å². The Hall–Kier alpha value is -2.14. The molecule has 0 spiro atoms. The Morgan fingerprint density at radius 3 is 2.59 bits per heavy atom. The molecule has 0 N–H and O–H groups in total. The molecule has 22 heavy (non-hydrogen) atoms. The highest BCUT2D eigenvalue weighted by atomic mass is 16.4. The van der Waals surface area contributed by atoms with Gasteiger partial charge in [-0.05, 0) is 31.2 Å². The van der Waals surface area contributed by atoms with Gasteiger partial charge in [0.1, 0.15) is 11.1 Å². The molecule has 1 aromatic carbocycles. The zero-order chi connectivity index (χ0) is 15.7. The third-order valence-electron chi connectivity index (χ3n) is 4.32. The number of hydrogen-bond acceptors (Lipinski definition) is 5. The minimum absolute atomic E-state index is 0.130. The van der Waals surface area contributed by atoms with Crippen molar-refractivity contribution in [1.29, 1.82) is 0 Å². The highest BCUT2D eigenvalue weighted by Gasteiger charge is 2.22. The summed E-state index contributed by atoms with van der Waals surface area (Å²) in [5.74, 6) is 0. The molecule has 0 atom stereocenters. The lowest BCUT2D eigenvalue weighted by molar-refractivity contribution is 0.112. The van der Waals surface area contributed by atoms with Gasteiger partial charge in [0.2, 0.25) is 0 Å². The molecule has 0 bridgehead atoms. The van der Waals surface area contributed by atoms with Crippen LogP contribution in [0.25, 0.3) is 11.0 Å². The van der Waals surface area contributed by atoms with Crippen LogP contribution in [0.2, 0.25) is 0 Å². The summed E-state index contributed by atoms with van der Waals surface area (Å²) in [6.07, 6.45) is 1.52. The van der Waals surface area contributed by atoms with Gasteiger partial charge in [-0.3, -0.25) is 4.79 Å². The number of aryl methyl sites for hydroxylation is 1. The number of anilines is 1. The average molecular weight is 300 g/mol. The van der Waals surface area contributed by atoms with Gasteiger partial charge in [-0.2, -0.15) is 0 Å². The number of aldehydes is 1. The first-order chi connectivity index (χ1) is 10.6. The first-order valence-electron chi connectivity index (χ1n) is 7.62. The quantitative estimate of drug-likeness (QED) is 0.640. The van der Waals surface area contributed by atoms with Crippen LogP contribution >= 0.6 is 0 Å². The molecule has 1 saturated heterocycles. The normalized spacial score (nSPS) is 16.2. The lowest BCUT2D eigenvalue weighted by Gasteiger charge is -2.35. The molecule has 0 amide bonds. The Labute approximate surface area is 129 Å². The van der Waals surface area contributed by atoms with E-state index in [-0.39, 0.29) is 5.56 Å². The summed E-state index contributed by atoms with van der Waals surface area (Å²) in [6, 6.07) is 5.81. The molecule has 0 radical (unpaired) electrons. The van der Waals surface area contributed by atoms with Crippen LogP contribution in [0.1, 0.15) is 22.8 Å². The smallest absolute Gasteiger partial charge is 0.349 e. The zero-order valence-electron chi connectivity index (χ0n) is 13.0. The second kappa shape index (κ2) is 5.93. The summed E-state index contributed by atoms with van der Waals surface area (Å²) in [6.45, 7) is 5.50. The predicted molar refractivity (Wildman–Crippen MR) is 87.0 cm³/mol. The van der Waals surface area contributed by atoms with Crippen molar-refractivity contribution < 1.29 is 9.21 Å². The number of carbonyl (C=O) groups excluding carboxylic acids is 1. The van der Waals surface area contributed by atoms with Crippen LogP contribution in [-0.4, -0.2) is 44.4 Å². The molecule has 1 fully saturated rings. The molecule has 0 aliphatic carbocycles. The third-order valence-corrected chi connectivity index (χ3v) is 4.32. The lowest BCUT2D eigenvalue weighted by Crippen LogP contribution is -2.45. The molecule has 1 aliphatic rings. The van der Waals surface area contributed by atoms with E-state index in [9.17, 15) is 9.59 Å². The van der Waals surface area contributed by atoms with Gasteiger partial charge in [0.15, 0.2) is 6.29 Å². The lowest BCUT2D eigenvalue weighted by atomic mass is 10.0. The van der Waals surface area contributed by atoms with Gasteiger partial charge in [-0.25, -0.2) is 4.79 Å². The second-order valence-corrected chi connectivity index (χ2v) is 5.74. The van der Waals surface area contributed by atoms with Crippen LogP contribution in [0.15, 0.2) is 27.4 Å². The van der Waals surface area contributed by atoms with Crippen LogP contribution in [0.3, 0.4) is 0 Å². The fraction of sp³-hybridized carbons (Fsp3) is 0.412. The Morgan fingerprint density at radius 1 is 1.23 bits per heavy atom. The monoisotopic (exact) mass is 300 g/mol. The number of nitrogens with zero attached hydrogens (tertiary/aromatic N) is 2. The number of carbonyl (C=O) groups is 1. The summed E-state index contributed by atoms with van der Waals surface area (Å²) in [5, 5.41) is 0.852. The number of likely N-dealkylation sites (N-methyl/N-ethyl adjacent to an activating group) is 1. The van der Waals surface area contributed by atoms with Crippen molar-refractivity contribution in [3.63, 3.8) is 0 Å². The van der Waals surface area contributed by atoms with Crippen molar-refractivity contribution in [2.45, 2.75) is 13.3 Å². The van der Waals surface area contributed by atoms with E-state index in [4.69, 9.17) is 4.42 Å². The molecule has 3 rings (SSSR count). The molecular weight excluding hydrogens is 280 g/mol. The molecule has 2 aromatic rings. The van der Waals surface area contributed by atoms with Gasteiger partial charge in [0, 0.05) is 31.6 Å². The van der Waals surface area contributed by atoms with Crippen LogP contribution in [0.4, 0.5) is 5.69 Å². The van der Waals surface area contributed by atoms with Crippen LogP contribution in [-0.2, 0) is 6.42 Å². The van der Waals surface area contributed by atoms with Crippen molar-refractivity contribution in [2.75, 3.05) is 38.1 Å². The summed E-state index contributed by atoms with van der Waals surface area (Å²) in [5.41, 5.74) is 2.01. The van der Waals surface area contributed by atoms with Gasteiger partial charge in [0.05, 0.1) is 5.69 Å². The highest BCUT2D eigenvalue weighted by Crippen LogP contribution is 2.30. The Bertz CT molecular complexity index is 758. The van der Waals surface area contributed by atoms with Gasteiger partial charge >= 0.3 is 5.63 Å². The molecule has 5 nitrogen and oxygen atoms in total. The average Bonchev–Trinajstić information content (AvgIpc) is 2.54. The number of fused-ring (bicyclic) bond motifs is 1. The Morgan fingerprint density at radius 2 is 1.95 bits per heavy atom. The van der Waals surface area contributed by atoms with Crippen molar-refractivity contribution in [3.05, 3.63) is 39.7 Å². The molecule has 0 saturated carbocycles. The summed E-state index contributed by atoms with van der Waals surface area (Å²) in [7, 11) is 2.07. The van der Waals surface area contributed by atoms with Crippen molar-refractivity contribution in [2.24, 2.45) is 0 Å². The summed E-state index contributed by atoms with van der Waals surface area (Å²) in [4.78, 5) is 27.9. The predicted octanol–water partition coefficient (Wildman–Crippen LogP) is 1.92. The van der Waals surface area contributed by atoms with Crippen molar-refractivity contribution >= 4 is 22.9 Å². The molecule has 1 aromatic heterocycles. The van der Waals surface area contributed by atoms with E-state index in [1.165, 1.54) is 0 Å². The second-order valence-electron chi connectivity index (χ2n) is 5.74. The minimum atomic E-state index is -0.555. The van der Waals surface area contributed by atoms with E-state index in [1.807, 2.05) is 18.2 Å². The molecule has 1 aliphatic heterocycles. The molecule has 5 heteroatoms. The highest BCUT2D eigenvalue weighted by molar-refractivity contribution is 5.99. The molecular formula is C17H20N2O3. The Balaban J connectivity index is 2.23. The number of rotatable bonds is 3. The van der Waals surface area contributed by atoms with Crippen molar-refractivity contribution in [1.82, 2.24) is 4.90 Å². The minimum Gasteiger partial charge on any atom is -0.422 e. The molecule has 0 unspecified atom stereocenters. The molecule has 116 valence electrons. The SMILES string of the molecule is CCc1ccc2oc(=O)c(C=O)c(N3CCN(C)CC3)c2c1. The van der Waals surface area contributed by atoms with Gasteiger partial charge in [-0.1, -0.05) is 13.0 Å². The molecule has 2 heterocycles. The largest absolute Gasteiger partial charge is 0.422 e. The van der Waals surface area contributed by atoms with Crippen LogP contribution in [0, 0.1) is 0 Å². The first kappa shape index (κ1) is 14.8. The summed E-state index contributed by atoms with van der Waals surface area (Å²) >= 11 is 0. The van der Waals surface area contributed by atoms with E-state index in [0.29, 0.717) is 11.9 Å². The van der Waals surface area contributed by atoms with E-state index in [1.54, 1.807) is 0 Å². The number of hydrogen-bond donors (Lipinski definition) is 0. The van der Waals surface area contributed by atoms with Gasteiger partial charge in [-0.15, -0.1) is 0 Å². The first-order valence-corrected chi connectivity index (χ1v) is 7.62. The third kappa shape index (κ3) is 2.52. The van der Waals surface area contributed by atoms with E-state index < -0.39 is 5.63 Å². The maximum atomic E-state index is 12.1. The fourth-order valence-electron chi connectivity index (χ4n) is 2.94. The topological polar surface area (TPSA) is 53.8 Å². The summed E-state index contributed by atoms with van der Waals surface area (Å²) < 4.78 is 5.31. The van der Waals surface area contributed by atoms with Gasteiger partial charge in [0.25, 0.3) is 0 Å². The number of benzene rings is 1. The fourth-order valence-corrected chi connectivity index (χ4v) is 2.94. The van der Waals surface area contributed by atoms with Crippen molar-refractivity contribution in [3.8, 4) is 0 Å².